The lowest BCUT2D eigenvalue weighted by Gasteiger charge is -2.35. The van der Waals surface area contributed by atoms with Gasteiger partial charge in [0, 0.05) is 19.1 Å². The van der Waals surface area contributed by atoms with Crippen molar-refractivity contribution in [2.75, 3.05) is 32.1 Å². The SMILES string of the molecule is CN(C)C1CCN(c2cnc(CCl)cn2)CC1. The van der Waals surface area contributed by atoms with Gasteiger partial charge in [-0.05, 0) is 26.9 Å². The number of rotatable bonds is 3. The summed E-state index contributed by atoms with van der Waals surface area (Å²) in [4.78, 5) is 13.3. The van der Waals surface area contributed by atoms with Gasteiger partial charge in [-0.1, -0.05) is 0 Å². The molecular formula is C12H19ClN4. The van der Waals surface area contributed by atoms with Crippen LogP contribution in [0, 0.1) is 0 Å². The van der Waals surface area contributed by atoms with Crippen LogP contribution < -0.4 is 4.90 Å². The van der Waals surface area contributed by atoms with E-state index in [1.807, 2.05) is 6.20 Å². The normalized spacial score (nSPS) is 17.8. The van der Waals surface area contributed by atoms with Crippen LogP contribution >= 0.6 is 11.6 Å². The van der Waals surface area contributed by atoms with Gasteiger partial charge in [-0.15, -0.1) is 11.6 Å². The molecule has 4 nitrogen and oxygen atoms in total. The standard InChI is InChI=1S/C12H19ClN4/c1-16(2)11-3-5-17(6-4-11)12-9-14-10(7-13)8-15-12/h8-9,11H,3-7H2,1-2H3. The zero-order valence-electron chi connectivity index (χ0n) is 10.4. The van der Waals surface area contributed by atoms with Crippen LogP contribution in [0.2, 0.25) is 0 Å². The molecule has 5 heteroatoms. The average molecular weight is 255 g/mol. The average Bonchev–Trinajstić information content (AvgIpc) is 2.39. The molecule has 1 aromatic rings. The molecule has 1 aliphatic heterocycles. The molecule has 94 valence electrons. The minimum Gasteiger partial charge on any atom is -0.355 e. The Morgan fingerprint density at radius 2 is 2.00 bits per heavy atom. The second-order valence-corrected chi connectivity index (χ2v) is 4.95. The molecule has 1 saturated heterocycles. The summed E-state index contributed by atoms with van der Waals surface area (Å²) in [6.07, 6.45) is 5.96. The smallest absolute Gasteiger partial charge is 0.147 e. The van der Waals surface area contributed by atoms with Crippen LogP contribution in [0.5, 0.6) is 0 Å². The van der Waals surface area contributed by atoms with E-state index < -0.39 is 0 Å². The first-order valence-electron chi connectivity index (χ1n) is 5.99. The molecule has 2 rings (SSSR count). The van der Waals surface area contributed by atoms with Crippen molar-refractivity contribution in [2.24, 2.45) is 0 Å². The van der Waals surface area contributed by atoms with Crippen molar-refractivity contribution in [1.82, 2.24) is 14.9 Å². The number of hydrogen-bond acceptors (Lipinski definition) is 4. The van der Waals surface area contributed by atoms with Crippen molar-refractivity contribution in [3.05, 3.63) is 18.1 Å². The summed E-state index contributed by atoms with van der Waals surface area (Å²) >= 11 is 5.70. The second-order valence-electron chi connectivity index (χ2n) is 4.68. The Bertz CT molecular complexity index is 344. The molecular weight excluding hydrogens is 236 g/mol. The Labute approximate surface area is 108 Å². The van der Waals surface area contributed by atoms with Gasteiger partial charge in [-0.25, -0.2) is 4.98 Å². The van der Waals surface area contributed by atoms with Crippen LogP contribution in [-0.4, -0.2) is 48.1 Å². The molecule has 0 bridgehead atoms. The number of anilines is 1. The van der Waals surface area contributed by atoms with E-state index in [1.54, 1.807) is 6.20 Å². The van der Waals surface area contributed by atoms with Crippen molar-refractivity contribution >= 4 is 17.4 Å². The van der Waals surface area contributed by atoms with Crippen molar-refractivity contribution in [2.45, 2.75) is 24.8 Å². The molecule has 0 N–H and O–H groups in total. The number of halogens is 1. The van der Waals surface area contributed by atoms with Crippen LogP contribution in [0.25, 0.3) is 0 Å². The van der Waals surface area contributed by atoms with E-state index in [2.05, 4.69) is 33.9 Å². The van der Waals surface area contributed by atoms with Gasteiger partial charge >= 0.3 is 0 Å². The van der Waals surface area contributed by atoms with E-state index in [0.717, 1.165) is 24.6 Å². The monoisotopic (exact) mass is 254 g/mol. The van der Waals surface area contributed by atoms with Gasteiger partial charge in [0.1, 0.15) is 5.82 Å². The van der Waals surface area contributed by atoms with Gasteiger partial charge in [0.25, 0.3) is 0 Å². The zero-order chi connectivity index (χ0) is 12.3. The van der Waals surface area contributed by atoms with Gasteiger partial charge in [0.15, 0.2) is 0 Å². The summed E-state index contributed by atoms with van der Waals surface area (Å²) in [5.74, 6) is 1.40. The van der Waals surface area contributed by atoms with E-state index in [1.165, 1.54) is 12.8 Å². The van der Waals surface area contributed by atoms with Gasteiger partial charge in [-0.2, -0.15) is 0 Å². The maximum absolute atomic E-state index is 5.70. The van der Waals surface area contributed by atoms with Crippen LogP contribution in [0.15, 0.2) is 12.4 Å². The predicted octanol–water partition coefficient (Wildman–Crippen LogP) is 1.75. The van der Waals surface area contributed by atoms with E-state index in [-0.39, 0.29) is 0 Å². The summed E-state index contributed by atoms with van der Waals surface area (Å²) in [5, 5.41) is 0. The predicted molar refractivity (Wildman–Crippen MR) is 70.5 cm³/mol. The summed E-state index contributed by atoms with van der Waals surface area (Å²) in [5.41, 5.74) is 0.832. The fourth-order valence-corrected chi connectivity index (χ4v) is 2.33. The molecule has 1 fully saturated rings. The van der Waals surface area contributed by atoms with Gasteiger partial charge < -0.3 is 9.80 Å². The zero-order valence-corrected chi connectivity index (χ0v) is 11.2. The van der Waals surface area contributed by atoms with Crippen molar-refractivity contribution in [1.29, 1.82) is 0 Å². The van der Waals surface area contributed by atoms with E-state index in [9.17, 15) is 0 Å². The molecule has 1 aromatic heterocycles. The Morgan fingerprint density at radius 1 is 1.29 bits per heavy atom. The number of aromatic nitrogens is 2. The van der Waals surface area contributed by atoms with Gasteiger partial charge in [-0.3, -0.25) is 4.98 Å². The number of piperidine rings is 1. The molecule has 0 amide bonds. The Kier molecular flexibility index (Phi) is 4.18. The minimum atomic E-state index is 0.427. The molecule has 2 heterocycles. The van der Waals surface area contributed by atoms with E-state index >= 15 is 0 Å². The number of alkyl halides is 1. The summed E-state index contributed by atoms with van der Waals surface area (Å²) in [6, 6.07) is 0.696. The molecule has 0 aliphatic carbocycles. The molecule has 1 aliphatic rings. The maximum atomic E-state index is 5.70. The largest absolute Gasteiger partial charge is 0.355 e. The molecule has 0 saturated carbocycles. The third kappa shape index (κ3) is 3.07. The Hall–Kier alpha value is -0.870. The first-order chi connectivity index (χ1) is 8.20. The first-order valence-corrected chi connectivity index (χ1v) is 6.52. The van der Waals surface area contributed by atoms with Crippen LogP contribution in [0.3, 0.4) is 0 Å². The summed E-state index contributed by atoms with van der Waals surface area (Å²) < 4.78 is 0. The summed E-state index contributed by atoms with van der Waals surface area (Å²) in [7, 11) is 4.30. The maximum Gasteiger partial charge on any atom is 0.147 e. The molecule has 0 atom stereocenters. The number of nitrogens with zero attached hydrogens (tertiary/aromatic N) is 4. The van der Waals surface area contributed by atoms with Gasteiger partial charge in [0.2, 0.25) is 0 Å². The highest BCUT2D eigenvalue weighted by Crippen LogP contribution is 2.19. The molecule has 0 spiro atoms. The molecule has 0 aromatic carbocycles. The molecule has 0 unspecified atom stereocenters. The van der Waals surface area contributed by atoms with Crippen LogP contribution in [-0.2, 0) is 5.88 Å². The van der Waals surface area contributed by atoms with Gasteiger partial charge in [0.05, 0.1) is 24.0 Å². The molecule has 0 radical (unpaired) electrons. The lowest BCUT2D eigenvalue weighted by molar-refractivity contribution is 0.249. The summed E-state index contributed by atoms with van der Waals surface area (Å²) in [6.45, 7) is 2.11. The Balaban J connectivity index is 1.95. The van der Waals surface area contributed by atoms with Crippen LogP contribution in [0.4, 0.5) is 5.82 Å². The lowest BCUT2D eigenvalue weighted by atomic mass is 10.0. The fraction of sp³-hybridized carbons (Fsp3) is 0.667. The second kappa shape index (κ2) is 5.65. The topological polar surface area (TPSA) is 32.3 Å². The van der Waals surface area contributed by atoms with E-state index in [4.69, 9.17) is 11.6 Å². The van der Waals surface area contributed by atoms with Crippen molar-refractivity contribution in [3.63, 3.8) is 0 Å². The first kappa shape index (κ1) is 12.6. The highest BCUT2D eigenvalue weighted by Gasteiger charge is 2.21. The lowest BCUT2D eigenvalue weighted by Crippen LogP contribution is -2.42. The Morgan fingerprint density at radius 3 is 2.47 bits per heavy atom. The highest BCUT2D eigenvalue weighted by molar-refractivity contribution is 6.16. The van der Waals surface area contributed by atoms with Crippen LogP contribution in [0.1, 0.15) is 18.5 Å². The van der Waals surface area contributed by atoms with E-state index in [0.29, 0.717) is 11.9 Å². The third-order valence-corrected chi connectivity index (χ3v) is 3.62. The highest BCUT2D eigenvalue weighted by atomic mass is 35.5. The fourth-order valence-electron chi connectivity index (χ4n) is 2.19. The van der Waals surface area contributed by atoms with Crippen molar-refractivity contribution in [3.8, 4) is 0 Å². The van der Waals surface area contributed by atoms with Crippen molar-refractivity contribution < 1.29 is 0 Å². The minimum absolute atomic E-state index is 0.427. The quantitative estimate of drug-likeness (QED) is 0.770. The third-order valence-electron chi connectivity index (χ3n) is 3.35. The number of hydrogen-bond donors (Lipinski definition) is 0. The molecule has 17 heavy (non-hydrogen) atoms.